The molecule has 0 atom stereocenters. The lowest BCUT2D eigenvalue weighted by Gasteiger charge is -2.32. The molecule has 2 aromatic rings. The maximum absolute atomic E-state index is 13.7. The quantitative estimate of drug-likeness (QED) is 0.805. The molecule has 4 rings (SSSR count). The van der Waals surface area contributed by atoms with Gasteiger partial charge < -0.3 is 14.4 Å². The van der Waals surface area contributed by atoms with Crippen molar-refractivity contribution in [1.82, 2.24) is 0 Å². The number of benzene rings is 2. The molecule has 0 aromatic heterocycles. The molecule has 1 amide bonds. The first-order chi connectivity index (χ1) is 11.6. The first-order valence-electron chi connectivity index (χ1n) is 8.14. The van der Waals surface area contributed by atoms with Crippen LogP contribution < -0.4 is 14.4 Å². The fourth-order valence-corrected chi connectivity index (χ4v) is 3.51. The predicted octanol–water partition coefficient (Wildman–Crippen LogP) is 3.50. The first kappa shape index (κ1) is 15.0. The van der Waals surface area contributed by atoms with Crippen LogP contribution in [0.25, 0.3) is 0 Å². The number of hydrogen-bond acceptors (Lipinski definition) is 3. The summed E-state index contributed by atoms with van der Waals surface area (Å²) in [4.78, 5) is 14.9. The Kier molecular flexibility index (Phi) is 3.63. The van der Waals surface area contributed by atoms with E-state index in [1.807, 2.05) is 6.92 Å². The third kappa shape index (κ3) is 2.40. The number of para-hydroxylation sites is 1. The summed E-state index contributed by atoms with van der Waals surface area (Å²) in [7, 11) is 0. The van der Waals surface area contributed by atoms with Crippen molar-refractivity contribution in [2.24, 2.45) is 0 Å². The number of nitrogens with zero attached hydrogens (tertiary/aromatic N) is 1. The summed E-state index contributed by atoms with van der Waals surface area (Å²) in [6.07, 6.45) is 1.60. The van der Waals surface area contributed by atoms with Crippen LogP contribution in [0.2, 0.25) is 0 Å². The van der Waals surface area contributed by atoms with E-state index in [1.165, 1.54) is 12.1 Å². The first-order valence-corrected chi connectivity index (χ1v) is 8.14. The van der Waals surface area contributed by atoms with Crippen molar-refractivity contribution in [1.29, 1.82) is 0 Å². The SMILES string of the molecule is Cc1cc(F)cc2c1N(C(=O)c1cccc3c1OCCO3)CCC2. The van der Waals surface area contributed by atoms with Gasteiger partial charge in [0.15, 0.2) is 11.5 Å². The van der Waals surface area contributed by atoms with Crippen LogP contribution >= 0.6 is 0 Å². The van der Waals surface area contributed by atoms with Crippen LogP contribution in [0.4, 0.5) is 10.1 Å². The molecule has 24 heavy (non-hydrogen) atoms. The lowest BCUT2D eigenvalue weighted by atomic mass is 9.97. The molecule has 0 saturated heterocycles. The minimum Gasteiger partial charge on any atom is -0.486 e. The third-order valence-corrected chi connectivity index (χ3v) is 4.48. The predicted molar refractivity (Wildman–Crippen MR) is 88.6 cm³/mol. The largest absolute Gasteiger partial charge is 0.486 e. The fourth-order valence-electron chi connectivity index (χ4n) is 3.51. The van der Waals surface area contributed by atoms with Gasteiger partial charge >= 0.3 is 0 Å². The molecule has 0 N–H and O–H groups in total. The number of rotatable bonds is 1. The molecule has 0 unspecified atom stereocenters. The van der Waals surface area contributed by atoms with Crippen LogP contribution in [0.5, 0.6) is 11.5 Å². The summed E-state index contributed by atoms with van der Waals surface area (Å²) in [5.74, 6) is 0.711. The van der Waals surface area contributed by atoms with Gasteiger partial charge in [0.2, 0.25) is 0 Å². The number of ether oxygens (including phenoxy) is 2. The monoisotopic (exact) mass is 327 g/mol. The van der Waals surface area contributed by atoms with Gasteiger partial charge in [-0.05, 0) is 55.2 Å². The number of halogens is 1. The Bertz CT molecular complexity index is 818. The van der Waals surface area contributed by atoms with E-state index in [2.05, 4.69) is 0 Å². The minimum absolute atomic E-state index is 0.131. The number of hydrogen-bond donors (Lipinski definition) is 0. The molecule has 2 aliphatic rings. The van der Waals surface area contributed by atoms with E-state index in [-0.39, 0.29) is 11.7 Å². The minimum atomic E-state index is -0.255. The summed E-state index contributed by atoms with van der Waals surface area (Å²) in [5, 5.41) is 0. The number of carbonyl (C=O) groups excluding carboxylic acids is 1. The van der Waals surface area contributed by atoms with Gasteiger partial charge in [0.25, 0.3) is 5.91 Å². The summed E-state index contributed by atoms with van der Waals surface area (Å²) < 4.78 is 24.9. The van der Waals surface area contributed by atoms with E-state index in [1.54, 1.807) is 23.1 Å². The van der Waals surface area contributed by atoms with E-state index < -0.39 is 0 Å². The Hall–Kier alpha value is -2.56. The van der Waals surface area contributed by atoms with Crippen molar-refractivity contribution in [2.75, 3.05) is 24.7 Å². The van der Waals surface area contributed by atoms with Crippen LogP contribution in [0.15, 0.2) is 30.3 Å². The fraction of sp³-hybridized carbons (Fsp3) is 0.316. The molecule has 0 spiro atoms. The topological polar surface area (TPSA) is 38.8 Å². The van der Waals surface area contributed by atoms with Crippen LogP contribution in [0, 0.1) is 12.7 Å². The lowest BCUT2D eigenvalue weighted by molar-refractivity contribution is 0.0973. The van der Waals surface area contributed by atoms with Crippen molar-refractivity contribution < 1.29 is 18.7 Å². The zero-order valence-corrected chi connectivity index (χ0v) is 13.5. The summed E-state index contributed by atoms with van der Waals surface area (Å²) in [6, 6.07) is 8.36. The average Bonchev–Trinajstić information content (AvgIpc) is 2.60. The Balaban J connectivity index is 1.78. The van der Waals surface area contributed by atoms with Crippen LogP contribution in [0.3, 0.4) is 0 Å². The molecular weight excluding hydrogens is 309 g/mol. The van der Waals surface area contributed by atoms with Crippen LogP contribution in [-0.4, -0.2) is 25.7 Å². The van der Waals surface area contributed by atoms with Crippen molar-refractivity contribution in [3.8, 4) is 11.5 Å². The number of fused-ring (bicyclic) bond motifs is 2. The van der Waals surface area contributed by atoms with Crippen LogP contribution in [-0.2, 0) is 6.42 Å². The van der Waals surface area contributed by atoms with Gasteiger partial charge in [0.05, 0.1) is 11.3 Å². The number of amides is 1. The summed E-state index contributed by atoms with van der Waals surface area (Å²) >= 11 is 0. The zero-order valence-electron chi connectivity index (χ0n) is 13.5. The Morgan fingerprint density at radius 2 is 2.04 bits per heavy atom. The highest BCUT2D eigenvalue weighted by atomic mass is 19.1. The van der Waals surface area contributed by atoms with E-state index in [4.69, 9.17) is 9.47 Å². The smallest absolute Gasteiger partial charge is 0.262 e. The Morgan fingerprint density at radius 1 is 1.21 bits per heavy atom. The Labute approximate surface area is 139 Å². The van der Waals surface area contributed by atoms with Gasteiger partial charge in [0, 0.05) is 6.54 Å². The highest BCUT2D eigenvalue weighted by Crippen LogP contribution is 2.37. The molecule has 0 aliphatic carbocycles. The molecule has 124 valence electrons. The molecule has 0 fully saturated rings. The van der Waals surface area contributed by atoms with Crippen molar-refractivity contribution in [3.63, 3.8) is 0 Å². The Morgan fingerprint density at radius 3 is 2.92 bits per heavy atom. The van der Waals surface area contributed by atoms with E-state index >= 15 is 0 Å². The molecule has 4 nitrogen and oxygen atoms in total. The average molecular weight is 327 g/mol. The molecule has 0 saturated carbocycles. The molecule has 2 heterocycles. The number of aryl methyl sites for hydroxylation is 2. The van der Waals surface area contributed by atoms with Gasteiger partial charge in [-0.2, -0.15) is 0 Å². The van der Waals surface area contributed by atoms with Gasteiger partial charge in [-0.3, -0.25) is 4.79 Å². The van der Waals surface area contributed by atoms with E-state index in [0.717, 1.165) is 29.7 Å². The van der Waals surface area contributed by atoms with Crippen LogP contribution in [0.1, 0.15) is 27.9 Å². The second-order valence-corrected chi connectivity index (χ2v) is 6.12. The summed E-state index contributed by atoms with van der Waals surface area (Å²) in [5.41, 5.74) is 2.97. The van der Waals surface area contributed by atoms with Gasteiger partial charge in [-0.15, -0.1) is 0 Å². The molecule has 0 radical (unpaired) electrons. The van der Waals surface area contributed by atoms with Gasteiger partial charge in [-0.1, -0.05) is 6.07 Å². The van der Waals surface area contributed by atoms with Gasteiger partial charge in [0.1, 0.15) is 19.0 Å². The maximum Gasteiger partial charge on any atom is 0.262 e. The standard InChI is InChI=1S/C19H18FNO3/c1-12-10-14(20)11-13-4-3-7-21(17(12)13)19(22)15-5-2-6-16-18(15)24-9-8-23-16/h2,5-6,10-11H,3-4,7-9H2,1H3. The molecule has 2 aromatic carbocycles. The van der Waals surface area contributed by atoms with E-state index in [9.17, 15) is 9.18 Å². The summed E-state index contributed by atoms with van der Waals surface area (Å²) in [6.45, 7) is 3.37. The molecule has 5 heteroatoms. The highest BCUT2D eigenvalue weighted by molar-refractivity contribution is 6.09. The second-order valence-electron chi connectivity index (χ2n) is 6.12. The maximum atomic E-state index is 13.7. The normalized spacial score (nSPS) is 15.8. The molecule has 0 bridgehead atoms. The molecule has 2 aliphatic heterocycles. The van der Waals surface area contributed by atoms with Crippen molar-refractivity contribution in [3.05, 3.63) is 52.8 Å². The number of anilines is 1. The molecular formula is C19H18FNO3. The second kappa shape index (κ2) is 5.82. The van der Waals surface area contributed by atoms with E-state index in [0.29, 0.717) is 36.8 Å². The number of carbonyl (C=O) groups is 1. The van der Waals surface area contributed by atoms with Gasteiger partial charge in [-0.25, -0.2) is 4.39 Å². The van der Waals surface area contributed by atoms with Crippen molar-refractivity contribution in [2.45, 2.75) is 19.8 Å². The third-order valence-electron chi connectivity index (χ3n) is 4.48. The zero-order chi connectivity index (χ0) is 16.7. The highest BCUT2D eigenvalue weighted by Gasteiger charge is 2.29. The van der Waals surface area contributed by atoms with Crippen molar-refractivity contribution >= 4 is 11.6 Å². The lowest BCUT2D eigenvalue weighted by Crippen LogP contribution is -2.36.